The lowest BCUT2D eigenvalue weighted by Gasteiger charge is -2.20. The van der Waals surface area contributed by atoms with Gasteiger partial charge in [-0.15, -0.1) is 15.6 Å². The summed E-state index contributed by atoms with van der Waals surface area (Å²) in [4.78, 5) is 42.6. The molecule has 172 valence electrons. The van der Waals surface area contributed by atoms with Crippen molar-refractivity contribution in [2.45, 2.75) is 39.0 Å². The fourth-order valence-corrected chi connectivity index (χ4v) is 4.40. The number of nitrogens with zero attached hydrogens (tertiary/aromatic N) is 3. The van der Waals surface area contributed by atoms with Crippen LogP contribution in [0.5, 0.6) is 0 Å². The summed E-state index contributed by atoms with van der Waals surface area (Å²) in [5, 5.41) is 6.03. The second kappa shape index (κ2) is 8.57. The van der Waals surface area contributed by atoms with E-state index < -0.39 is 40.1 Å². The molecule has 0 saturated carbocycles. The number of alkyl carbamates (subject to hydrolysis) is 1. The molecule has 2 N–H and O–H groups in total. The van der Waals surface area contributed by atoms with Crippen LogP contribution in [0.4, 0.5) is 9.59 Å². The summed E-state index contributed by atoms with van der Waals surface area (Å²) >= 11 is 1.04. The van der Waals surface area contributed by atoms with Crippen molar-refractivity contribution in [3.63, 3.8) is 0 Å². The summed E-state index contributed by atoms with van der Waals surface area (Å²) in [5.41, 5.74) is -0.128. The van der Waals surface area contributed by atoms with E-state index >= 15 is 0 Å². The van der Waals surface area contributed by atoms with Crippen LogP contribution in [0.1, 0.15) is 47.2 Å². The van der Waals surface area contributed by atoms with Crippen LogP contribution in [-0.4, -0.2) is 73.7 Å². The van der Waals surface area contributed by atoms with Crippen LogP contribution in [0.2, 0.25) is 0 Å². The van der Waals surface area contributed by atoms with Crippen LogP contribution >= 0.6 is 11.3 Å². The van der Waals surface area contributed by atoms with Crippen molar-refractivity contribution < 1.29 is 36.0 Å². The molecule has 1 saturated heterocycles. The normalized spacial score (nSPS) is 18.1. The molecule has 0 spiro atoms. The summed E-state index contributed by atoms with van der Waals surface area (Å²) in [6, 6.07) is -1.36. The summed E-state index contributed by atoms with van der Waals surface area (Å²) in [5.74, 6) is -0.459. The number of hydroxylamine groups is 2. The van der Waals surface area contributed by atoms with Crippen molar-refractivity contribution in [3.8, 4) is 0 Å². The Morgan fingerprint density at radius 1 is 1.26 bits per heavy atom. The van der Waals surface area contributed by atoms with Crippen LogP contribution < -0.4 is 10.6 Å². The molecule has 4 amide bonds. The van der Waals surface area contributed by atoms with E-state index in [0.717, 1.165) is 23.5 Å². The maximum atomic E-state index is 12.4. The monoisotopic (exact) mass is 477 g/mol. The maximum Gasteiger partial charge on any atom is 0.420 e. The molecule has 1 atom stereocenters. The molecule has 1 unspecified atom stereocenters. The second-order valence-corrected chi connectivity index (χ2v) is 10.00. The van der Waals surface area contributed by atoms with Crippen LogP contribution in [0.3, 0.4) is 0 Å². The molecule has 3 heterocycles. The van der Waals surface area contributed by atoms with Gasteiger partial charge in [-0.2, -0.15) is 13.5 Å². The predicted octanol–water partition coefficient (Wildman–Crippen LogP) is 0.513. The van der Waals surface area contributed by atoms with Gasteiger partial charge in [-0.1, -0.05) is 0 Å². The third kappa shape index (κ3) is 5.41. The predicted molar refractivity (Wildman–Crippen MR) is 106 cm³/mol. The molecule has 0 radical (unpaired) electrons. The Labute approximate surface area is 182 Å². The van der Waals surface area contributed by atoms with Crippen molar-refractivity contribution in [3.05, 3.63) is 15.6 Å². The average Bonchev–Trinajstić information content (AvgIpc) is 3.20. The Kier molecular flexibility index (Phi) is 6.40. The molecule has 1 aromatic rings. The zero-order chi connectivity index (χ0) is 23.0. The first kappa shape index (κ1) is 23.2. The van der Waals surface area contributed by atoms with Gasteiger partial charge in [0.25, 0.3) is 5.91 Å². The van der Waals surface area contributed by atoms with E-state index in [4.69, 9.17) is 9.02 Å². The van der Waals surface area contributed by atoms with Gasteiger partial charge in [0.2, 0.25) is 0 Å². The van der Waals surface area contributed by atoms with Crippen molar-refractivity contribution in [1.29, 1.82) is 0 Å². The molecule has 3 rings (SSSR count). The Hall–Kier alpha value is -2.49. The molecule has 0 aliphatic carbocycles. The van der Waals surface area contributed by atoms with Gasteiger partial charge in [-0.3, -0.25) is 8.98 Å². The van der Waals surface area contributed by atoms with Crippen LogP contribution in [-0.2, 0) is 30.1 Å². The first-order chi connectivity index (χ1) is 14.4. The highest BCUT2D eigenvalue weighted by molar-refractivity contribution is 7.81. The smallest absolute Gasteiger partial charge is 0.420 e. The fourth-order valence-electron chi connectivity index (χ4n) is 2.91. The number of ether oxygens (including phenoxy) is 1. The highest BCUT2D eigenvalue weighted by Crippen LogP contribution is 2.41. The molecule has 1 aromatic heterocycles. The van der Waals surface area contributed by atoms with Gasteiger partial charge >= 0.3 is 22.5 Å². The Bertz CT molecular complexity index is 987. The van der Waals surface area contributed by atoms with E-state index in [1.165, 1.54) is 4.90 Å². The number of carbonyl (C=O) groups is 3. The minimum absolute atomic E-state index is 0.127. The molecule has 0 aromatic carbocycles. The minimum atomic E-state index is -4.38. The minimum Gasteiger partial charge on any atom is -0.444 e. The molecule has 2 bridgehead atoms. The van der Waals surface area contributed by atoms with Crippen molar-refractivity contribution in [2.24, 2.45) is 0 Å². The summed E-state index contributed by atoms with van der Waals surface area (Å²) in [6.07, 6.45) is -0.590. The molecule has 15 heteroatoms. The first-order valence-corrected chi connectivity index (χ1v) is 11.4. The average molecular weight is 478 g/mol. The van der Waals surface area contributed by atoms with E-state index in [1.54, 1.807) is 20.8 Å². The molecule has 2 aliphatic rings. The van der Waals surface area contributed by atoms with Crippen LogP contribution in [0.25, 0.3) is 0 Å². The van der Waals surface area contributed by atoms with Crippen LogP contribution in [0, 0.1) is 0 Å². The zero-order valence-electron chi connectivity index (χ0n) is 17.3. The first-order valence-electron chi connectivity index (χ1n) is 9.23. The van der Waals surface area contributed by atoms with Crippen molar-refractivity contribution in [2.75, 3.05) is 26.7 Å². The molecule has 2 aliphatic heterocycles. The summed E-state index contributed by atoms with van der Waals surface area (Å²) in [7, 11) is -3.46. The number of nitrogens with one attached hydrogen (secondary N) is 2. The highest BCUT2D eigenvalue weighted by atomic mass is 32.3. The van der Waals surface area contributed by atoms with Crippen molar-refractivity contribution >= 4 is 39.8 Å². The van der Waals surface area contributed by atoms with Gasteiger partial charge in [0, 0.05) is 13.1 Å². The lowest BCUT2D eigenvalue weighted by molar-refractivity contribution is -0.0332. The van der Waals surface area contributed by atoms with Gasteiger partial charge in [0.1, 0.15) is 11.6 Å². The van der Waals surface area contributed by atoms with Gasteiger partial charge < -0.3 is 20.3 Å². The Morgan fingerprint density at radius 2 is 1.94 bits per heavy atom. The second-order valence-electron chi connectivity index (χ2n) is 7.67. The van der Waals surface area contributed by atoms with Gasteiger partial charge in [-0.05, 0) is 20.8 Å². The zero-order valence-corrected chi connectivity index (χ0v) is 19.0. The highest BCUT2D eigenvalue weighted by Gasteiger charge is 2.48. The number of hydrogen-bond donors (Lipinski definition) is 2. The number of carbonyl (C=O) groups excluding carboxylic acids is 3. The fraction of sp³-hybridized carbons (Fsp3) is 0.625. The Morgan fingerprint density at radius 3 is 2.58 bits per heavy atom. The number of urea groups is 1. The van der Waals surface area contributed by atoms with E-state index in [1.807, 2.05) is 0 Å². The molecular weight excluding hydrogens is 454 g/mol. The maximum absolute atomic E-state index is 12.4. The van der Waals surface area contributed by atoms with Crippen molar-refractivity contribution in [1.82, 2.24) is 25.6 Å². The van der Waals surface area contributed by atoms with Crippen LogP contribution in [0.15, 0.2) is 0 Å². The van der Waals surface area contributed by atoms with E-state index in [2.05, 4.69) is 19.8 Å². The number of rotatable bonds is 7. The topological polar surface area (TPSA) is 156 Å². The molecule has 1 fully saturated rings. The number of amides is 4. The Balaban J connectivity index is 1.60. The van der Waals surface area contributed by atoms with E-state index in [-0.39, 0.29) is 31.2 Å². The molecular formula is C16H23N5O8S2. The van der Waals surface area contributed by atoms with Gasteiger partial charge in [0.05, 0.1) is 30.8 Å². The number of thiazole rings is 1. The van der Waals surface area contributed by atoms with E-state index in [0.29, 0.717) is 10.6 Å². The van der Waals surface area contributed by atoms with E-state index in [9.17, 15) is 22.8 Å². The lowest BCUT2D eigenvalue weighted by atomic mass is 10.1. The number of hydrogen-bond acceptors (Lipinski definition) is 10. The SMILES string of the molecule is COS(=O)(=O)ON1C(=O)N2Cc3nc(C(=O)NCCNC(=O)OC(C)(C)C)sc3C1C2. The third-order valence-electron chi connectivity index (χ3n) is 4.16. The molecule has 31 heavy (non-hydrogen) atoms. The summed E-state index contributed by atoms with van der Waals surface area (Å²) < 4.78 is 37.3. The number of fused-ring (bicyclic) bond motifs is 4. The van der Waals surface area contributed by atoms with Gasteiger partial charge in [0.15, 0.2) is 5.01 Å². The summed E-state index contributed by atoms with van der Waals surface area (Å²) in [6.45, 7) is 5.87. The quantitative estimate of drug-likeness (QED) is 0.534. The molecule has 13 nitrogen and oxygen atoms in total. The number of aromatic nitrogens is 1. The third-order valence-corrected chi connectivity index (χ3v) is 6.10. The largest absolute Gasteiger partial charge is 0.444 e. The standard InChI is InChI=1S/C16H23N5O8S2/c1-16(2,3)28-14(23)18-6-5-17-12(22)13-19-9-7-20-8-10(11(9)30-13)21(15(20)24)29-31(25,26)27-4/h10H,5-8H2,1-4H3,(H,17,22)(H,18,23). The van der Waals surface area contributed by atoms with Gasteiger partial charge in [-0.25, -0.2) is 14.6 Å². The lowest BCUT2D eigenvalue weighted by Crippen LogP contribution is -2.37.